The van der Waals surface area contributed by atoms with Gasteiger partial charge in [0.25, 0.3) is 0 Å². The van der Waals surface area contributed by atoms with Gasteiger partial charge in [0.05, 0.1) is 4.90 Å². The van der Waals surface area contributed by atoms with Gasteiger partial charge in [0.1, 0.15) is 0 Å². The summed E-state index contributed by atoms with van der Waals surface area (Å²) in [5.74, 6) is 0.438. The molecule has 19 heavy (non-hydrogen) atoms. The topological polar surface area (TPSA) is 37.4 Å². The maximum atomic E-state index is 12.5. The first-order chi connectivity index (χ1) is 8.71. The second-order valence-corrected chi connectivity index (χ2v) is 8.47. The van der Waals surface area contributed by atoms with Crippen molar-refractivity contribution in [2.24, 2.45) is 11.3 Å². The zero-order valence-electron chi connectivity index (χ0n) is 12.2. The fourth-order valence-electron chi connectivity index (χ4n) is 2.51. The van der Waals surface area contributed by atoms with E-state index in [1.54, 1.807) is 16.4 Å². The Morgan fingerprint density at radius 1 is 1.16 bits per heavy atom. The molecule has 1 heterocycles. The highest BCUT2D eigenvalue weighted by atomic mass is 32.2. The highest BCUT2D eigenvalue weighted by Crippen LogP contribution is 2.35. The maximum Gasteiger partial charge on any atom is 0.243 e. The summed E-state index contributed by atoms with van der Waals surface area (Å²) in [6.07, 6.45) is 0.953. The van der Waals surface area contributed by atoms with Crippen molar-refractivity contribution < 1.29 is 8.42 Å². The predicted molar refractivity (Wildman–Crippen MR) is 77.5 cm³/mol. The molecule has 3 nitrogen and oxygen atoms in total. The van der Waals surface area contributed by atoms with E-state index in [2.05, 4.69) is 20.8 Å². The average Bonchev–Trinajstić information content (AvgIpc) is 2.79. The van der Waals surface area contributed by atoms with Crippen molar-refractivity contribution in [1.29, 1.82) is 0 Å². The quantitative estimate of drug-likeness (QED) is 0.835. The number of hydrogen-bond acceptors (Lipinski definition) is 2. The number of nitrogens with zero attached hydrogens (tertiary/aromatic N) is 1. The summed E-state index contributed by atoms with van der Waals surface area (Å²) < 4.78 is 26.7. The molecule has 0 N–H and O–H groups in total. The van der Waals surface area contributed by atoms with Gasteiger partial charge in [-0.3, -0.25) is 0 Å². The number of hydrogen-bond donors (Lipinski definition) is 0. The lowest BCUT2D eigenvalue weighted by atomic mass is 9.80. The Kier molecular flexibility index (Phi) is 3.76. The van der Waals surface area contributed by atoms with Crippen LogP contribution in [0.25, 0.3) is 0 Å². The molecule has 0 amide bonds. The molecular formula is C15H23NO2S. The molecule has 1 aliphatic rings. The van der Waals surface area contributed by atoms with Gasteiger partial charge in [0.2, 0.25) is 10.0 Å². The van der Waals surface area contributed by atoms with Crippen LogP contribution in [-0.2, 0) is 10.0 Å². The summed E-state index contributed by atoms with van der Waals surface area (Å²) in [5.41, 5.74) is 1.24. The van der Waals surface area contributed by atoms with Crippen LogP contribution in [0.4, 0.5) is 0 Å². The fraction of sp³-hybridized carbons (Fsp3) is 0.600. The highest BCUT2D eigenvalue weighted by molar-refractivity contribution is 7.89. The molecule has 1 atom stereocenters. The minimum absolute atomic E-state index is 0.164. The SMILES string of the molecule is Cc1ccc(S(=O)(=O)N2CC[C@H](C(C)(C)C)C2)cc1. The Morgan fingerprint density at radius 3 is 2.21 bits per heavy atom. The molecule has 0 aliphatic carbocycles. The van der Waals surface area contributed by atoms with Crippen molar-refractivity contribution in [2.45, 2.75) is 39.0 Å². The second-order valence-electron chi connectivity index (χ2n) is 6.53. The first-order valence-corrected chi connectivity index (χ1v) is 8.22. The Bertz CT molecular complexity index is 541. The summed E-state index contributed by atoms with van der Waals surface area (Å²) in [4.78, 5) is 0.410. The van der Waals surface area contributed by atoms with Crippen molar-refractivity contribution in [1.82, 2.24) is 4.31 Å². The standard InChI is InChI=1S/C15H23NO2S/c1-12-5-7-14(8-6-12)19(17,18)16-10-9-13(11-16)15(2,3)4/h5-8,13H,9-11H2,1-4H3/t13-/m0/s1. The third-order valence-electron chi connectivity index (χ3n) is 4.03. The molecule has 1 aromatic carbocycles. The summed E-state index contributed by atoms with van der Waals surface area (Å²) in [6.45, 7) is 9.78. The monoisotopic (exact) mass is 281 g/mol. The molecule has 0 saturated carbocycles. The molecule has 0 radical (unpaired) electrons. The number of rotatable bonds is 2. The Labute approximate surface area is 116 Å². The molecule has 4 heteroatoms. The molecule has 0 bridgehead atoms. The van der Waals surface area contributed by atoms with Gasteiger partial charge in [-0.1, -0.05) is 38.5 Å². The van der Waals surface area contributed by atoms with Gasteiger partial charge in [0, 0.05) is 13.1 Å². The summed E-state index contributed by atoms with van der Waals surface area (Å²) in [6, 6.07) is 7.11. The number of benzene rings is 1. The predicted octanol–water partition coefficient (Wildman–Crippen LogP) is 3.05. The second kappa shape index (κ2) is 4.91. The van der Waals surface area contributed by atoms with E-state index in [-0.39, 0.29) is 5.41 Å². The molecule has 1 aromatic rings. The van der Waals surface area contributed by atoms with E-state index in [0.29, 0.717) is 23.9 Å². The van der Waals surface area contributed by atoms with E-state index in [0.717, 1.165) is 12.0 Å². The molecule has 106 valence electrons. The van der Waals surface area contributed by atoms with E-state index in [4.69, 9.17) is 0 Å². The van der Waals surface area contributed by atoms with Gasteiger partial charge in [-0.2, -0.15) is 4.31 Å². The van der Waals surface area contributed by atoms with Crippen LogP contribution in [0.1, 0.15) is 32.8 Å². The van der Waals surface area contributed by atoms with Crippen LogP contribution in [0.5, 0.6) is 0 Å². The molecule has 2 rings (SSSR count). The normalized spacial score (nSPS) is 21.8. The van der Waals surface area contributed by atoms with Crippen LogP contribution in [0.15, 0.2) is 29.2 Å². The lowest BCUT2D eigenvalue weighted by Crippen LogP contribution is -2.31. The average molecular weight is 281 g/mol. The van der Waals surface area contributed by atoms with Gasteiger partial charge in [-0.25, -0.2) is 8.42 Å². The zero-order valence-corrected chi connectivity index (χ0v) is 13.0. The van der Waals surface area contributed by atoms with Crippen molar-refractivity contribution in [3.8, 4) is 0 Å². The van der Waals surface area contributed by atoms with Crippen LogP contribution >= 0.6 is 0 Å². The Morgan fingerprint density at radius 2 is 1.74 bits per heavy atom. The van der Waals surface area contributed by atoms with Crippen molar-refractivity contribution in [2.75, 3.05) is 13.1 Å². The van der Waals surface area contributed by atoms with Crippen molar-refractivity contribution >= 4 is 10.0 Å². The van der Waals surface area contributed by atoms with Gasteiger partial charge in [0.15, 0.2) is 0 Å². The van der Waals surface area contributed by atoms with E-state index in [1.807, 2.05) is 19.1 Å². The fourth-order valence-corrected chi connectivity index (χ4v) is 4.01. The van der Waals surface area contributed by atoms with Gasteiger partial charge in [-0.15, -0.1) is 0 Å². The summed E-state index contributed by atoms with van der Waals surface area (Å²) in [5, 5.41) is 0. The van der Waals surface area contributed by atoms with Crippen LogP contribution in [0, 0.1) is 18.3 Å². The third-order valence-corrected chi connectivity index (χ3v) is 5.91. The first kappa shape index (κ1) is 14.5. The molecule has 0 spiro atoms. The zero-order chi connectivity index (χ0) is 14.3. The first-order valence-electron chi connectivity index (χ1n) is 6.78. The lowest BCUT2D eigenvalue weighted by Gasteiger charge is -2.26. The largest absolute Gasteiger partial charge is 0.243 e. The van der Waals surface area contributed by atoms with Crippen LogP contribution in [0.3, 0.4) is 0 Å². The summed E-state index contributed by atoms with van der Waals surface area (Å²) >= 11 is 0. The van der Waals surface area contributed by atoms with Gasteiger partial charge >= 0.3 is 0 Å². The van der Waals surface area contributed by atoms with E-state index in [1.165, 1.54) is 0 Å². The minimum Gasteiger partial charge on any atom is -0.207 e. The third kappa shape index (κ3) is 3.00. The van der Waals surface area contributed by atoms with E-state index in [9.17, 15) is 8.42 Å². The van der Waals surface area contributed by atoms with E-state index >= 15 is 0 Å². The Balaban J connectivity index is 2.21. The minimum atomic E-state index is -3.32. The van der Waals surface area contributed by atoms with Crippen LogP contribution in [0.2, 0.25) is 0 Å². The molecular weight excluding hydrogens is 258 g/mol. The van der Waals surface area contributed by atoms with Gasteiger partial charge in [-0.05, 0) is 36.8 Å². The molecule has 0 unspecified atom stereocenters. The maximum absolute atomic E-state index is 12.5. The molecule has 1 saturated heterocycles. The lowest BCUT2D eigenvalue weighted by molar-refractivity contribution is 0.252. The Hall–Kier alpha value is -0.870. The van der Waals surface area contributed by atoms with Crippen LogP contribution in [-0.4, -0.2) is 25.8 Å². The van der Waals surface area contributed by atoms with Crippen LogP contribution < -0.4 is 0 Å². The van der Waals surface area contributed by atoms with E-state index < -0.39 is 10.0 Å². The summed E-state index contributed by atoms with van der Waals surface area (Å²) in [7, 11) is -3.32. The van der Waals surface area contributed by atoms with Crippen molar-refractivity contribution in [3.63, 3.8) is 0 Å². The van der Waals surface area contributed by atoms with Gasteiger partial charge < -0.3 is 0 Å². The number of sulfonamides is 1. The van der Waals surface area contributed by atoms with Crippen molar-refractivity contribution in [3.05, 3.63) is 29.8 Å². The molecule has 0 aromatic heterocycles. The smallest absolute Gasteiger partial charge is 0.207 e. The number of aryl methyl sites for hydroxylation is 1. The molecule has 1 fully saturated rings. The highest BCUT2D eigenvalue weighted by Gasteiger charge is 2.37. The molecule has 1 aliphatic heterocycles.